The molecular formula is C76H129NO8. The van der Waals surface area contributed by atoms with Crippen LogP contribution in [0.2, 0.25) is 0 Å². The second kappa shape index (κ2) is 63.4. The lowest BCUT2D eigenvalue weighted by atomic mass is 9.99. The molecule has 1 saturated heterocycles. The number of carbonyl (C=O) groups is 1. The van der Waals surface area contributed by atoms with Gasteiger partial charge in [0.2, 0.25) is 5.91 Å². The number of amides is 1. The number of aliphatic hydroxyl groups excluding tert-OH is 5. The Labute approximate surface area is 521 Å². The zero-order valence-electron chi connectivity index (χ0n) is 54.3. The fraction of sp³-hybridized carbons (Fsp3) is 0.697. The van der Waals surface area contributed by atoms with Crippen molar-refractivity contribution < 1.29 is 39.8 Å². The molecule has 1 rings (SSSR count). The fourth-order valence-corrected chi connectivity index (χ4v) is 10.3. The summed E-state index contributed by atoms with van der Waals surface area (Å²) in [6.07, 6.45) is 89.7. The van der Waals surface area contributed by atoms with Crippen LogP contribution in [0.25, 0.3) is 0 Å². The number of hydrogen-bond acceptors (Lipinski definition) is 8. The minimum Gasteiger partial charge on any atom is -0.394 e. The molecule has 7 atom stereocenters. The van der Waals surface area contributed by atoms with E-state index in [1.165, 1.54) is 161 Å². The zero-order valence-corrected chi connectivity index (χ0v) is 54.3. The van der Waals surface area contributed by atoms with Gasteiger partial charge in [0.05, 0.1) is 25.4 Å². The molecule has 1 heterocycles. The molecule has 0 aromatic heterocycles. The molecular weight excluding hydrogens is 1050 g/mol. The predicted molar refractivity (Wildman–Crippen MR) is 363 cm³/mol. The highest BCUT2D eigenvalue weighted by atomic mass is 16.7. The number of rotatable bonds is 59. The van der Waals surface area contributed by atoms with E-state index in [9.17, 15) is 30.3 Å². The van der Waals surface area contributed by atoms with Crippen LogP contribution in [0.3, 0.4) is 0 Å². The van der Waals surface area contributed by atoms with E-state index in [0.29, 0.717) is 6.42 Å². The third-order valence-corrected chi connectivity index (χ3v) is 15.7. The first-order valence-corrected chi connectivity index (χ1v) is 34.9. The third kappa shape index (κ3) is 52.0. The molecule has 7 unspecified atom stereocenters. The van der Waals surface area contributed by atoms with Crippen molar-refractivity contribution in [1.29, 1.82) is 0 Å². The lowest BCUT2D eigenvalue weighted by molar-refractivity contribution is -0.302. The SMILES string of the molecule is CC/C=C\C/C=C\C/C=C\C/C=C\C/C=C\C/C=C\C/C=C\C/C=C\CCCCCCCCCCCCCCC(=O)NC(COC1OC(CO)C(O)C(O)C1O)C(O)/C=C/CC/C=C/CC/C=C/CCCCCCCCCCCCCCCCC. The van der Waals surface area contributed by atoms with Crippen LogP contribution in [0.1, 0.15) is 284 Å². The third-order valence-electron chi connectivity index (χ3n) is 15.7. The van der Waals surface area contributed by atoms with Gasteiger partial charge in [0, 0.05) is 6.42 Å². The van der Waals surface area contributed by atoms with Gasteiger partial charge >= 0.3 is 0 Å². The van der Waals surface area contributed by atoms with Crippen molar-refractivity contribution in [2.24, 2.45) is 0 Å². The zero-order chi connectivity index (χ0) is 61.4. The Balaban J connectivity index is 2.18. The van der Waals surface area contributed by atoms with Gasteiger partial charge in [0.1, 0.15) is 24.4 Å². The molecule has 0 aromatic carbocycles. The van der Waals surface area contributed by atoms with E-state index >= 15 is 0 Å². The minimum absolute atomic E-state index is 0.196. The molecule has 1 aliphatic rings. The maximum Gasteiger partial charge on any atom is 0.220 e. The van der Waals surface area contributed by atoms with Crippen molar-refractivity contribution in [3.05, 3.63) is 134 Å². The molecule has 9 nitrogen and oxygen atoms in total. The predicted octanol–water partition coefficient (Wildman–Crippen LogP) is 19.2. The molecule has 0 radical (unpaired) electrons. The molecule has 1 fully saturated rings. The summed E-state index contributed by atoms with van der Waals surface area (Å²) in [6.45, 7) is 3.66. The number of nitrogens with one attached hydrogen (secondary N) is 1. The van der Waals surface area contributed by atoms with Crippen molar-refractivity contribution in [2.45, 2.75) is 326 Å². The van der Waals surface area contributed by atoms with E-state index in [1.807, 2.05) is 6.08 Å². The minimum atomic E-state index is -1.58. The molecule has 0 spiro atoms. The second-order valence-corrected chi connectivity index (χ2v) is 23.6. The number of unbranched alkanes of at least 4 members (excludes halogenated alkanes) is 29. The fourth-order valence-electron chi connectivity index (χ4n) is 10.3. The van der Waals surface area contributed by atoms with E-state index in [0.717, 1.165) is 103 Å². The van der Waals surface area contributed by atoms with E-state index in [4.69, 9.17) is 9.47 Å². The number of ether oxygens (including phenoxy) is 2. The quantitative estimate of drug-likeness (QED) is 0.0261. The lowest BCUT2D eigenvalue weighted by Crippen LogP contribution is -2.60. The first-order chi connectivity index (χ1) is 41.8. The molecule has 1 amide bonds. The van der Waals surface area contributed by atoms with Gasteiger partial charge in [-0.3, -0.25) is 4.79 Å². The van der Waals surface area contributed by atoms with Crippen LogP contribution >= 0.6 is 0 Å². The molecule has 6 N–H and O–H groups in total. The first-order valence-electron chi connectivity index (χ1n) is 34.9. The first kappa shape index (κ1) is 79.3. The van der Waals surface area contributed by atoms with Crippen molar-refractivity contribution >= 4 is 5.91 Å². The summed E-state index contributed by atoms with van der Waals surface area (Å²) in [6, 6.07) is -0.840. The molecule has 9 heteroatoms. The Kier molecular flexibility index (Phi) is 59.1. The summed E-state index contributed by atoms with van der Waals surface area (Å²) in [7, 11) is 0. The molecule has 0 aromatic rings. The van der Waals surface area contributed by atoms with Gasteiger partial charge in [0.25, 0.3) is 0 Å². The highest BCUT2D eigenvalue weighted by molar-refractivity contribution is 5.76. The Bertz CT molecular complexity index is 1800. The Morgan fingerprint density at radius 3 is 1.13 bits per heavy atom. The van der Waals surface area contributed by atoms with E-state index in [2.05, 4.69) is 141 Å². The van der Waals surface area contributed by atoms with Crippen LogP contribution in [0.4, 0.5) is 0 Å². The summed E-state index contributed by atoms with van der Waals surface area (Å²) in [5, 5.41) is 54.7. The van der Waals surface area contributed by atoms with Gasteiger partial charge < -0.3 is 40.3 Å². The highest BCUT2D eigenvalue weighted by Gasteiger charge is 2.44. The second-order valence-electron chi connectivity index (χ2n) is 23.6. The van der Waals surface area contributed by atoms with Crippen molar-refractivity contribution in [2.75, 3.05) is 13.2 Å². The van der Waals surface area contributed by atoms with Crippen molar-refractivity contribution in [3.63, 3.8) is 0 Å². The van der Waals surface area contributed by atoms with Gasteiger partial charge in [-0.1, -0.05) is 302 Å². The summed E-state index contributed by atoms with van der Waals surface area (Å²) in [5.74, 6) is -0.196. The average molecular weight is 1180 g/mol. The maximum atomic E-state index is 13.1. The van der Waals surface area contributed by atoms with Crippen molar-refractivity contribution in [3.8, 4) is 0 Å². The molecule has 486 valence electrons. The molecule has 0 bridgehead atoms. The molecule has 85 heavy (non-hydrogen) atoms. The van der Waals surface area contributed by atoms with Gasteiger partial charge in [-0.15, -0.1) is 0 Å². The Hall–Kier alpha value is -3.67. The van der Waals surface area contributed by atoms with E-state index in [1.54, 1.807) is 6.08 Å². The van der Waals surface area contributed by atoms with Crippen LogP contribution in [-0.4, -0.2) is 87.5 Å². The number of allylic oxidation sites excluding steroid dienone is 21. The standard InChI is InChI=1S/C76H129NO8/c1-3-5-7-9-11-13-15-17-19-21-23-25-27-29-30-31-32-33-34-35-36-37-38-39-40-42-44-46-48-50-52-54-56-58-60-62-64-66-72(80)77-69(68-84-76-75(83)74(82)73(81)71(67-78)85-76)70(79)65-63-61-59-57-55-53-51-49-47-45-43-41-28-26-24-22-20-18-16-14-12-10-8-6-4-2/h5,7,11,13,17,19,23,25,29-30,32-33,35-36,38-39,47,49,55,57,63,65,69-71,73-76,78-79,81-83H,3-4,6,8-10,12,14-16,18,20-22,24,26-28,31,34,37,40-46,48,50-54,56,58-62,64,66-68H2,1-2H3,(H,77,80)/b7-5-,13-11-,19-17-,25-23-,30-29-,33-32-,36-35-,39-38-,49-47+,57-55+,65-63+. The van der Waals surface area contributed by atoms with E-state index in [-0.39, 0.29) is 12.5 Å². The highest BCUT2D eigenvalue weighted by Crippen LogP contribution is 2.23. The number of carbonyl (C=O) groups excluding carboxylic acids is 1. The monoisotopic (exact) mass is 1180 g/mol. The molecule has 0 aliphatic carbocycles. The lowest BCUT2D eigenvalue weighted by Gasteiger charge is -2.40. The number of hydrogen-bond donors (Lipinski definition) is 6. The van der Waals surface area contributed by atoms with Gasteiger partial charge in [-0.25, -0.2) is 0 Å². The Morgan fingerprint density at radius 2 is 0.741 bits per heavy atom. The summed E-state index contributed by atoms with van der Waals surface area (Å²) in [5.41, 5.74) is 0. The largest absolute Gasteiger partial charge is 0.394 e. The number of aliphatic hydroxyl groups is 5. The molecule has 0 saturated carbocycles. The summed E-state index contributed by atoms with van der Waals surface area (Å²) >= 11 is 0. The van der Waals surface area contributed by atoms with Crippen LogP contribution in [0.15, 0.2) is 134 Å². The smallest absolute Gasteiger partial charge is 0.220 e. The van der Waals surface area contributed by atoms with Crippen LogP contribution < -0.4 is 5.32 Å². The summed E-state index contributed by atoms with van der Waals surface area (Å²) in [4.78, 5) is 13.1. The van der Waals surface area contributed by atoms with Crippen LogP contribution in [-0.2, 0) is 14.3 Å². The van der Waals surface area contributed by atoms with Crippen molar-refractivity contribution in [1.82, 2.24) is 5.32 Å². The van der Waals surface area contributed by atoms with Crippen LogP contribution in [0.5, 0.6) is 0 Å². The molecule has 1 aliphatic heterocycles. The summed E-state index contributed by atoms with van der Waals surface area (Å²) < 4.78 is 11.3. The Morgan fingerprint density at radius 1 is 0.412 bits per heavy atom. The van der Waals surface area contributed by atoms with Gasteiger partial charge in [-0.2, -0.15) is 0 Å². The van der Waals surface area contributed by atoms with Gasteiger partial charge in [-0.05, 0) is 109 Å². The van der Waals surface area contributed by atoms with E-state index < -0.39 is 49.5 Å². The maximum absolute atomic E-state index is 13.1. The normalized spacial score (nSPS) is 19.0. The van der Waals surface area contributed by atoms with Gasteiger partial charge in [0.15, 0.2) is 6.29 Å². The van der Waals surface area contributed by atoms with Crippen LogP contribution in [0, 0.1) is 0 Å². The average Bonchev–Trinajstić information content (AvgIpc) is 3.57. The topological polar surface area (TPSA) is 149 Å².